The van der Waals surface area contributed by atoms with Crippen LogP contribution < -0.4 is 10.1 Å². The fraction of sp³-hybridized carbons (Fsp3) is 0.625. The molecule has 0 radical (unpaired) electrons. The third-order valence-electron chi connectivity index (χ3n) is 3.08. The number of nitrogens with one attached hydrogen (secondary N) is 1. The second kappa shape index (κ2) is 8.18. The van der Waals surface area contributed by atoms with E-state index in [0.717, 1.165) is 18.9 Å². The van der Waals surface area contributed by atoms with Gasteiger partial charge in [-0.3, -0.25) is 0 Å². The summed E-state index contributed by atoms with van der Waals surface area (Å²) in [5.41, 5.74) is 1.26. The second-order valence-electron chi connectivity index (χ2n) is 5.45. The molecule has 0 bridgehead atoms. The van der Waals surface area contributed by atoms with Crippen molar-refractivity contribution in [1.82, 2.24) is 5.32 Å². The molecule has 0 amide bonds. The van der Waals surface area contributed by atoms with Crippen LogP contribution in [0.5, 0.6) is 5.75 Å². The molecule has 0 aliphatic heterocycles. The zero-order valence-electron chi connectivity index (χ0n) is 12.8. The summed E-state index contributed by atoms with van der Waals surface area (Å²) in [6, 6.07) is 8.62. The highest BCUT2D eigenvalue weighted by molar-refractivity contribution is 5.28. The van der Waals surface area contributed by atoms with Gasteiger partial charge in [0.15, 0.2) is 0 Å². The Morgan fingerprint density at radius 2 is 1.68 bits per heavy atom. The average Bonchev–Trinajstić information content (AvgIpc) is 2.42. The Kier molecular flexibility index (Phi) is 6.89. The molecule has 0 saturated carbocycles. The van der Waals surface area contributed by atoms with Crippen LogP contribution in [0.1, 0.15) is 39.3 Å². The van der Waals surface area contributed by atoms with Crippen LogP contribution in [0, 0.1) is 5.92 Å². The first kappa shape index (κ1) is 16.0. The maximum absolute atomic E-state index is 5.68. The lowest BCUT2D eigenvalue weighted by Gasteiger charge is -2.17. The van der Waals surface area contributed by atoms with Crippen molar-refractivity contribution >= 4 is 0 Å². The van der Waals surface area contributed by atoms with Crippen molar-refractivity contribution in [3.05, 3.63) is 29.8 Å². The lowest BCUT2D eigenvalue weighted by atomic mass is 10.1. The summed E-state index contributed by atoms with van der Waals surface area (Å²) in [5.74, 6) is 1.49. The molecule has 1 N–H and O–H groups in total. The molecule has 0 aliphatic rings. The second-order valence-corrected chi connectivity index (χ2v) is 5.45. The zero-order chi connectivity index (χ0) is 14.3. The molecular weight excluding hydrogens is 238 g/mol. The van der Waals surface area contributed by atoms with E-state index >= 15 is 0 Å². The van der Waals surface area contributed by atoms with E-state index in [0.29, 0.717) is 12.0 Å². The van der Waals surface area contributed by atoms with Crippen LogP contribution in [0.4, 0.5) is 0 Å². The predicted molar refractivity (Wildman–Crippen MR) is 79.7 cm³/mol. The van der Waals surface area contributed by atoms with Crippen LogP contribution in [0.25, 0.3) is 0 Å². The first-order valence-corrected chi connectivity index (χ1v) is 7.01. The Labute approximate surface area is 117 Å². The van der Waals surface area contributed by atoms with Crippen molar-refractivity contribution in [1.29, 1.82) is 0 Å². The predicted octanol–water partition coefficient (Wildman–Crippen LogP) is 3.41. The molecule has 2 unspecified atom stereocenters. The van der Waals surface area contributed by atoms with E-state index in [1.807, 2.05) is 12.1 Å². The Morgan fingerprint density at radius 3 is 2.21 bits per heavy atom. The van der Waals surface area contributed by atoms with Crippen molar-refractivity contribution in [2.45, 2.75) is 39.8 Å². The Hall–Kier alpha value is -1.06. The molecule has 19 heavy (non-hydrogen) atoms. The van der Waals surface area contributed by atoms with Gasteiger partial charge in [0.05, 0.1) is 12.7 Å². The largest absolute Gasteiger partial charge is 0.493 e. The van der Waals surface area contributed by atoms with Gasteiger partial charge < -0.3 is 14.8 Å². The van der Waals surface area contributed by atoms with Crippen molar-refractivity contribution in [3.8, 4) is 5.75 Å². The van der Waals surface area contributed by atoms with E-state index in [1.54, 1.807) is 7.11 Å². The smallest absolute Gasteiger partial charge is 0.119 e. The molecule has 1 aromatic carbocycles. The van der Waals surface area contributed by atoms with Gasteiger partial charge in [-0.2, -0.15) is 0 Å². The summed E-state index contributed by atoms with van der Waals surface area (Å²) in [5, 5.41) is 3.45. The fourth-order valence-electron chi connectivity index (χ4n) is 1.66. The van der Waals surface area contributed by atoms with E-state index in [1.165, 1.54) is 5.56 Å². The maximum Gasteiger partial charge on any atom is 0.119 e. The minimum atomic E-state index is 0.232. The summed E-state index contributed by atoms with van der Waals surface area (Å²) in [7, 11) is 1.73. The van der Waals surface area contributed by atoms with Gasteiger partial charge in [0.2, 0.25) is 0 Å². The molecule has 0 saturated heterocycles. The van der Waals surface area contributed by atoms with E-state index in [9.17, 15) is 0 Å². The fourth-order valence-corrected chi connectivity index (χ4v) is 1.66. The van der Waals surface area contributed by atoms with Crippen molar-refractivity contribution in [2.75, 3.05) is 20.3 Å². The normalized spacial score (nSPS) is 14.4. The SMILES string of the molecule is COC(C)CNC(C)c1ccc(OCC(C)C)cc1. The van der Waals surface area contributed by atoms with Crippen molar-refractivity contribution in [2.24, 2.45) is 5.92 Å². The molecular formula is C16H27NO2. The lowest BCUT2D eigenvalue weighted by molar-refractivity contribution is 0.115. The zero-order valence-corrected chi connectivity index (χ0v) is 12.8. The van der Waals surface area contributed by atoms with Gasteiger partial charge >= 0.3 is 0 Å². The molecule has 0 fully saturated rings. The van der Waals surface area contributed by atoms with Crippen LogP contribution in [0.2, 0.25) is 0 Å². The van der Waals surface area contributed by atoms with Crippen LogP contribution in [-0.2, 0) is 4.74 Å². The summed E-state index contributed by atoms with van der Waals surface area (Å²) in [4.78, 5) is 0. The molecule has 3 nitrogen and oxygen atoms in total. The number of rotatable bonds is 8. The van der Waals surface area contributed by atoms with Gasteiger partial charge in [0.25, 0.3) is 0 Å². The highest BCUT2D eigenvalue weighted by Gasteiger charge is 2.07. The van der Waals surface area contributed by atoms with Crippen molar-refractivity contribution < 1.29 is 9.47 Å². The molecule has 0 heterocycles. The summed E-state index contributed by atoms with van der Waals surface area (Å²) in [6.07, 6.45) is 0.232. The molecule has 0 spiro atoms. The summed E-state index contributed by atoms with van der Waals surface area (Å²) >= 11 is 0. The highest BCUT2D eigenvalue weighted by atomic mass is 16.5. The molecule has 1 rings (SSSR count). The lowest BCUT2D eigenvalue weighted by Crippen LogP contribution is -2.28. The third-order valence-corrected chi connectivity index (χ3v) is 3.08. The van der Waals surface area contributed by atoms with Gasteiger partial charge in [-0.15, -0.1) is 0 Å². The van der Waals surface area contributed by atoms with E-state index < -0.39 is 0 Å². The van der Waals surface area contributed by atoms with Crippen LogP contribution in [0.3, 0.4) is 0 Å². The Balaban J connectivity index is 2.46. The number of benzene rings is 1. The molecule has 2 atom stereocenters. The van der Waals surface area contributed by atoms with Crippen LogP contribution in [-0.4, -0.2) is 26.4 Å². The monoisotopic (exact) mass is 265 g/mol. The minimum Gasteiger partial charge on any atom is -0.493 e. The van der Waals surface area contributed by atoms with Gasteiger partial charge in [0.1, 0.15) is 5.75 Å². The molecule has 108 valence electrons. The number of ether oxygens (including phenoxy) is 2. The summed E-state index contributed by atoms with van der Waals surface area (Å²) < 4.78 is 10.9. The standard InChI is InChI=1S/C16H27NO2/c1-12(2)11-19-16-8-6-15(7-9-16)14(4)17-10-13(3)18-5/h6-9,12-14,17H,10-11H2,1-5H3. The maximum atomic E-state index is 5.68. The van der Waals surface area contributed by atoms with Crippen LogP contribution >= 0.6 is 0 Å². The Bertz CT molecular complexity index is 348. The van der Waals surface area contributed by atoms with Crippen molar-refractivity contribution in [3.63, 3.8) is 0 Å². The first-order chi connectivity index (χ1) is 9.02. The third kappa shape index (κ3) is 6.08. The quantitative estimate of drug-likeness (QED) is 0.781. The topological polar surface area (TPSA) is 30.5 Å². The number of methoxy groups -OCH3 is 1. The van der Waals surface area contributed by atoms with Gasteiger partial charge in [0, 0.05) is 19.7 Å². The minimum absolute atomic E-state index is 0.232. The van der Waals surface area contributed by atoms with E-state index in [2.05, 4.69) is 45.1 Å². The molecule has 3 heteroatoms. The molecule has 0 aliphatic carbocycles. The average molecular weight is 265 g/mol. The van der Waals surface area contributed by atoms with E-state index in [-0.39, 0.29) is 6.10 Å². The van der Waals surface area contributed by atoms with Gasteiger partial charge in [-0.1, -0.05) is 26.0 Å². The van der Waals surface area contributed by atoms with E-state index in [4.69, 9.17) is 9.47 Å². The Morgan fingerprint density at radius 1 is 1.05 bits per heavy atom. The summed E-state index contributed by atoms with van der Waals surface area (Å²) in [6.45, 7) is 10.1. The first-order valence-electron chi connectivity index (χ1n) is 7.01. The number of hydrogen-bond acceptors (Lipinski definition) is 3. The number of hydrogen-bond donors (Lipinski definition) is 1. The van der Waals surface area contributed by atoms with Gasteiger partial charge in [-0.05, 0) is 37.5 Å². The van der Waals surface area contributed by atoms with Gasteiger partial charge in [-0.25, -0.2) is 0 Å². The molecule has 0 aromatic heterocycles. The molecule has 1 aromatic rings. The highest BCUT2D eigenvalue weighted by Crippen LogP contribution is 2.18. The van der Waals surface area contributed by atoms with Crippen LogP contribution in [0.15, 0.2) is 24.3 Å².